The maximum Gasteiger partial charge on any atom is 0.131 e. The van der Waals surface area contributed by atoms with Crippen LogP contribution in [-0.2, 0) is 11.3 Å². The Labute approximate surface area is 120 Å². The van der Waals surface area contributed by atoms with E-state index in [1.165, 1.54) is 17.5 Å². The lowest BCUT2D eigenvalue weighted by molar-refractivity contribution is 0.172. The second-order valence-electron chi connectivity index (χ2n) is 3.89. The highest BCUT2D eigenvalue weighted by Gasteiger charge is 2.21. The van der Waals surface area contributed by atoms with Gasteiger partial charge < -0.3 is 14.6 Å². The summed E-state index contributed by atoms with van der Waals surface area (Å²) in [4.78, 5) is 0.762. The van der Waals surface area contributed by atoms with Crippen LogP contribution in [0.25, 0.3) is 0 Å². The van der Waals surface area contributed by atoms with Gasteiger partial charge in [0.2, 0.25) is 0 Å². The van der Waals surface area contributed by atoms with Crippen LogP contribution in [0.3, 0.4) is 0 Å². The van der Waals surface area contributed by atoms with Crippen LogP contribution in [0.1, 0.15) is 16.7 Å². The standard InChI is InChI=1S/C12H15ClN2O3S/c1-17-4-3-15-11(9(13)6-14-15)12(16)10-5-8(18-2)7-19-10/h5-7,12,16H,3-4H2,1-2H3. The molecule has 7 heteroatoms. The lowest BCUT2D eigenvalue weighted by atomic mass is 10.2. The molecule has 0 fully saturated rings. The summed E-state index contributed by atoms with van der Waals surface area (Å²) in [5.41, 5.74) is 0.572. The van der Waals surface area contributed by atoms with E-state index in [0.717, 1.165) is 10.6 Å². The van der Waals surface area contributed by atoms with Crippen LogP contribution < -0.4 is 4.74 Å². The third kappa shape index (κ3) is 3.09. The minimum atomic E-state index is -0.819. The largest absolute Gasteiger partial charge is 0.496 e. The Kier molecular flexibility index (Phi) is 4.81. The Balaban J connectivity index is 2.26. The third-order valence-electron chi connectivity index (χ3n) is 2.70. The van der Waals surface area contributed by atoms with E-state index in [-0.39, 0.29) is 0 Å². The number of halogens is 1. The quantitative estimate of drug-likeness (QED) is 0.890. The summed E-state index contributed by atoms with van der Waals surface area (Å²) in [5, 5.41) is 16.8. The summed E-state index contributed by atoms with van der Waals surface area (Å²) in [6.07, 6.45) is 0.710. The molecule has 19 heavy (non-hydrogen) atoms. The van der Waals surface area contributed by atoms with Gasteiger partial charge in [0.05, 0.1) is 37.2 Å². The Morgan fingerprint density at radius 1 is 1.53 bits per heavy atom. The van der Waals surface area contributed by atoms with Gasteiger partial charge in [-0.2, -0.15) is 5.10 Å². The Bertz CT molecular complexity index is 541. The molecule has 0 saturated carbocycles. The SMILES string of the molecule is COCCn1ncc(Cl)c1C(O)c1cc(OC)cs1. The number of aromatic nitrogens is 2. The predicted octanol–water partition coefficient (Wildman–Crippen LogP) is 2.33. The van der Waals surface area contributed by atoms with Gasteiger partial charge in [-0.1, -0.05) is 11.6 Å². The highest BCUT2D eigenvalue weighted by Crippen LogP contribution is 2.33. The van der Waals surface area contributed by atoms with Crippen molar-refractivity contribution < 1.29 is 14.6 Å². The summed E-state index contributed by atoms with van der Waals surface area (Å²) < 4.78 is 11.8. The molecule has 2 aromatic heterocycles. The lowest BCUT2D eigenvalue weighted by Crippen LogP contribution is -2.13. The number of ether oxygens (including phenoxy) is 2. The molecule has 2 aromatic rings. The summed E-state index contributed by atoms with van der Waals surface area (Å²) in [5.74, 6) is 0.720. The molecular weight excluding hydrogens is 288 g/mol. The van der Waals surface area contributed by atoms with Crippen LogP contribution in [0.15, 0.2) is 17.6 Å². The van der Waals surface area contributed by atoms with Crippen molar-refractivity contribution in [2.45, 2.75) is 12.6 Å². The smallest absolute Gasteiger partial charge is 0.131 e. The minimum absolute atomic E-state index is 0.441. The molecule has 1 unspecified atom stereocenters. The Morgan fingerprint density at radius 3 is 2.95 bits per heavy atom. The van der Waals surface area contributed by atoms with Crippen LogP contribution in [0.5, 0.6) is 5.75 Å². The summed E-state index contributed by atoms with van der Waals surface area (Å²) in [7, 11) is 3.21. The number of rotatable bonds is 6. The van der Waals surface area contributed by atoms with E-state index in [9.17, 15) is 5.11 Å². The molecule has 0 spiro atoms. The molecule has 104 valence electrons. The number of hydrogen-bond acceptors (Lipinski definition) is 5. The van der Waals surface area contributed by atoms with E-state index >= 15 is 0 Å². The van der Waals surface area contributed by atoms with Gasteiger partial charge in [0, 0.05) is 17.4 Å². The fourth-order valence-electron chi connectivity index (χ4n) is 1.72. The molecule has 1 atom stereocenters. The fourth-order valence-corrected chi connectivity index (χ4v) is 2.81. The molecule has 0 radical (unpaired) electrons. The summed E-state index contributed by atoms with van der Waals surface area (Å²) in [6, 6.07) is 1.79. The first-order valence-electron chi connectivity index (χ1n) is 5.68. The molecule has 0 bridgehead atoms. The number of aliphatic hydroxyl groups is 1. The molecule has 0 aliphatic carbocycles. The second kappa shape index (κ2) is 6.38. The zero-order valence-corrected chi connectivity index (χ0v) is 12.2. The van der Waals surface area contributed by atoms with Crippen molar-refractivity contribution in [2.75, 3.05) is 20.8 Å². The highest BCUT2D eigenvalue weighted by atomic mass is 35.5. The monoisotopic (exact) mass is 302 g/mol. The normalized spacial score (nSPS) is 12.6. The van der Waals surface area contributed by atoms with E-state index in [0.29, 0.717) is 23.9 Å². The van der Waals surface area contributed by atoms with E-state index in [2.05, 4.69) is 5.10 Å². The lowest BCUT2D eigenvalue weighted by Gasteiger charge is -2.12. The van der Waals surface area contributed by atoms with Crippen molar-refractivity contribution in [2.24, 2.45) is 0 Å². The molecule has 0 aromatic carbocycles. The molecule has 1 N–H and O–H groups in total. The summed E-state index contributed by atoms with van der Waals surface area (Å²) >= 11 is 7.51. The van der Waals surface area contributed by atoms with E-state index in [1.54, 1.807) is 25.0 Å². The average Bonchev–Trinajstić information content (AvgIpc) is 3.02. The van der Waals surface area contributed by atoms with Crippen LogP contribution >= 0.6 is 22.9 Å². The van der Waals surface area contributed by atoms with Crippen molar-refractivity contribution in [1.82, 2.24) is 9.78 Å². The molecule has 2 rings (SSSR count). The third-order valence-corrected chi connectivity index (χ3v) is 3.95. The van der Waals surface area contributed by atoms with Gasteiger partial charge in [0.15, 0.2) is 0 Å². The average molecular weight is 303 g/mol. The topological polar surface area (TPSA) is 56.5 Å². The first-order chi connectivity index (χ1) is 9.17. The molecule has 0 saturated heterocycles. The van der Waals surface area contributed by atoms with Gasteiger partial charge in [0.25, 0.3) is 0 Å². The van der Waals surface area contributed by atoms with Crippen molar-refractivity contribution >= 4 is 22.9 Å². The minimum Gasteiger partial charge on any atom is -0.496 e. The van der Waals surface area contributed by atoms with Gasteiger partial charge >= 0.3 is 0 Å². The van der Waals surface area contributed by atoms with Crippen molar-refractivity contribution in [3.05, 3.63) is 33.2 Å². The molecule has 0 aliphatic rings. The van der Waals surface area contributed by atoms with Gasteiger partial charge in [-0.05, 0) is 6.07 Å². The van der Waals surface area contributed by atoms with Crippen molar-refractivity contribution in [3.63, 3.8) is 0 Å². The maximum absolute atomic E-state index is 10.4. The zero-order chi connectivity index (χ0) is 13.8. The first-order valence-corrected chi connectivity index (χ1v) is 6.93. The number of aliphatic hydroxyl groups excluding tert-OH is 1. The second-order valence-corrected chi connectivity index (χ2v) is 5.24. The van der Waals surface area contributed by atoms with E-state index in [1.807, 2.05) is 5.38 Å². The molecule has 5 nitrogen and oxygen atoms in total. The van der Waals surface area contributed by atoms with Gasteiger partial charge in [-0.25, -0.2) is 0 Å². The zero-order valence-electron chi connectivity index (χ0n) is 10.7. The molecule has 0 amide bonds. The van der Waals surface area contributed by atoms with Crippen LogP contribution in [-0.4, -0.2) is 35.7 Å². The first kappa shape index (κ1) is 14.3. The van der Waals surface area contributed by atoms with Gasteiger partial charge in [-0.3, -0.25) is 4.68 Å². The van der Waals surface area contributed by atoms with Gasteiger partial charge in [0.1, 0.15) is 11.9 Å². The summed E-state index contributed by atoms with van der Waals surface area (Å²) in [6.45, 7) is 1.05. The van der Waals surface area contributed by atoms with Gasteiger partial charge in [-0.15, -0.1) is 11.3 Å². The molecule has 2 heterocycles. The van der Waals surface area contributed by atoms with Crippen LogP contribution in [0.4, 0.5) is 0 Å². The Hall–Kier alpha value is -1.08. The predicted molar refractivity (Wildman–Crippen MR) is 74.0 cm³/mol. The molecular formula is C12H15ClN2O3S. The van der Waals surface area contributed by atoms with Crippen molar-refractivity contribution in [3.8, 4) is 5.75 Å². The number of methoxy groups -OCH3 is 2. The number of thiophene rings is 1. The van der Waals surface area contributed by atoms with Crippen molar-refractivity contribution in [1.29, 1.82) is 0 Å². The Morgan fingerprint density at radius 2 is 2.32 bits per heavy atom. The maximum atomic E-state index is 10.4. The number of nitrogens with zero attached hydrogens (tertiary/aromatic N) is 2. The molecule has 0 aliphatic heterocycles. The van der Waals surface area contributed by atoms with Crippen LogP contribution in [0, 0.1) is 0 Å². The highest BCUT2D eigenvalue weighted by molar-refractivity contribution is 7.10. The van der Waals surface area contributed by atoms with E-state index in [4.69, 9.17) is 21.1 Å². The number of hydrogen-bond donors (Lipinski definition) is 1. The fraction of sp³-hybridized carbons (Fsp3) is 0.417. The van der Waals surface area contributed by atoms with E-state index < -0.39 is 6.10 Å². The van der Waals surface area contributed by atoms with Crippen LogP contribution in [0.2, 0.25) is 5.02 Å².